The first kappa shape index (κ1) is 16.5. The van der Waals surface area contributed by atoms with E-state index in [1.54, 1.807) is 26.0 Å². The summed E-state index contributed by atoms with van der Waals surface area (Å²) in [6.07, 6.45) is -0.263. The molecular formula is C13H19NO5S. The van der Waals surface area contributed by atoms with Crippen molar-refractivity contribution in [1.29, 1.82) is 0 Å². The van der Waals surface area contributed by atoms with Crippen molar-refractivity contribution in [2.24, 2.45) is 5.92 Å². The van der Waals surface area contributed by atoms with Crippen LogP contribution in [-0.4, -0.2) is 32.6 Å². The molecule has 0 aromatic heterocycles. The van der Waals surface area contributed by atoms with E-state index in [9.17, 15) is 13.2 Å². The van der Waals surface area contributed by atoms with Gasteiger partial charge in [-0.3, -0.25) is 4.79 Å². The van der Waals surface area contributed by atoms with Crippen molar-refractivity contribution in [3.63, 3.8) is 0 Å². The lowest BCUT2D eigenvalue weighted by atomic mass is 10.0. The first-order valence-electron chi connectivity index (χ1n) is 6.14. The number of carboxylic acids is 1. The zero-order valence-electron chi connectivity index (χ0n) is 11.7. The summed E-state index contributed by atoms with van der Waals surface area (Å²) < 4.78 is 31.9. The fraction of sp³-hybridized carbons (Fsp3) is 0.462. The van der Waals surface area contributed by atoms with Gasteiger partial charge in [0.15, 0.2) is 0 Å². The molecule has 0 saturated carbocycles. The highest BCUT2D eigenvalue weighted by molar-refractivity contribution is 7.89. The quantitative estimate of drug-likeness (QED) is 0.795. The van der Waals surface area contributed by atoms with Crippen molar-refractivity contribution >= 4 is 16.0 Å². The summed E-state index contributed by atoms with van der Waals surface area (Å²) in [5, 5.41) is 8.83. The standard InChI is InChI=1S/C13H19NO5S/c1-9(2)12(8-13(15)16)14-20(17,18)11-6-4-5-10(7-11)19-3/h4-7,9,12,14H,8H2,1-3H3,(H,15,16). The van der Waals surface area contributed by atoms with Gasteiger partial charge in [-0.15, -0.1) is 0 Å². The zero-order chi connectivity index (χ0) is 15.3. The third-order valence-electron chi connectivity index (χ3n) is 2.86. The molecule has 1 aromatic rings. The second kappa shape index (κ2) is 6.71. The molecule has 0 amide bonds. The predicted molar refractivity (Wildman–Crippen MR) is 74.2 cm³/mol. The Morgan fingerprint density at radius 2 is 2.05 bits per heavy atom. The van der Waals surface area contributed by atoms with E-state index < -0.39 is 22.0 Å². The molecule has 0 spiro atoms. The van der Waals surface area contributed by atoms with Gasteiger partial charge >= 0.3 is 5.97 Å². The van der Waals surface area contributed by atoms with Gasteiger partial charge in [-0.1, -0.05) is 19.9 Å². The summed E-state index contributed by atoms with van der Waals surface area (Å²) in [6.45, 7) is 3.53. The molecule has 20 heavy (non-hydrogen) atoms. The molecule has 0 aliphatic rings. The number of hydrogen-bond donors (Lipinski definition) is 2. The molecule has 0 radical (unpaired) electrons. The summed E-state index contributed by atoms with van der Waals surface area (Å²) in [5.74, 6) is -0.754. The van der Waals surface area contributed by atoms with Crippen LogP contribution in [0.3, 0.4) is 0 Å². The van der Waals surface area contributed by atoms with E-state index >= 15 is 0 Å². The van der Waals surface area contributed by atoms with Gasteiger partial charge in [-0.05, 0) is 18.1 Å². The van der Waals surface area contributed by atoms with E-state index in [0.29, 0.717) is 5.75 Å². The number of rotatable bonds is 7. The highest BCUT2D eigenvalue weighted by Gasteiger charge is 2.24. The van der Waals surface area contributed by atoms with Crippen molar-refractivity contribution < 1.29 is 23.1 Å². The molecule has 1 rings (SSSR count). The van der Waals surface area contributed by atoms with Gasteiger partial charge in [0.05, 0.1) is 18.4 Å². The zero-order valence-corrected chi connectivity index (χ0v) is 12.5. The second-order valence-corrected chi connectivity index (χ2v) is 6.46. The molecule has 2 N–H and O–H groups in total. The SMILES string of the molecule is COc1cccc(S(=O)(=O)NC(CC(=O)O)C(C)C)c1. The molecule has 1 aromatic carbocycles. The van der Waals surface area contributed by atoms with E-state index in [-0.39, 0.29) is 17.2 Å². The van der Waals surface area contributed by atoms with Crippen LogP contribution in [0.15, 0.2) is 29.2 Å². The van der Waals surface area contributed by atoms with Gasteiger partial charge in [0.1, 0.15) is 5.75 Å². The fourth-order valence-electron chi connectivity index (χ4n) is 1.64. The van der Waals surface area contributed by atoms with Crippen LogP contribution >= 0.6 is 0 Å². The van der Waals surface area contributed by atoms with Gasteiger partial charge in [-0.25, -0.2) is 13.1 Å². The van der Waals surface area contributed by atoms with Crippen LogP contribution in [0.1, 0.15) is 20.3 Å². The monoisotopic (exact) mass is 301 g/mol. The molecule has 112 valence electrons. The first-order chi connectivity index (χ1) is 9.26. The number of ether oxygens (including phenoxy) is 1. The highest BCUT2D eigenvalue weighted by atomic mass is 32.2. The third-order valence-corrected chi connectivity index (χ3v) is 4.34. The lowest BCUT2D eigenvalue weighted by Gasteiger charge is -2.20. The van der Waals surface area contributed by atoms with E-state index in [1.807, 2.05) is 0 Å². The Morgan fingerprint density at radius 1 is 1.40 bits per heavy atom. The summed E-state index contributed by atoms with van der Waals surface area (Å²) in [4.78, 5) is 10.8. The Hall–Kier alpha value is -1.60. The number of aliphatic carboxylic acids is 1. The maximum Gasteiger partial charge on any atom is 0.304 e. The largest absolute Gasteiger partial charge is 0.497 e. The minimum atomic E-state index is -3.78. The normalized spacial score (nSPS) is 13.2. The van der Waals surface area contributed by atoms with E-state index in [4.69, 9.17) is 9.84 Å². The molecule has 0 saturated heterocycles. The number of nitrogens with one attached hydrogen (secondary N) is 1. The number of carbonyl (C=O) groups is 1. The summed E-state index contributed by atoms with van der Waals surface area (Å²) >= 11 is 0. The molecule has 1 unspecified atom stereocenters. The van der Waals surface area contributed by atoms with Crippen molar-refractivity contribution in [3.8, 4) is 5.75 Å². The van der Waals surface area contributed by atoms with Gasteiger partial charge in [0.25, 0.3) is 0 Å². The minimum Gasteiger partial charge on any atom is -0.497 e. The molecule has 0 aliphatic heterocycles. The lowest BCUT2D eigenvalue weighted by molar-refractivity contribution is -0.137. The first-order valence-corrected chi connectivity index (χ1v) is 7.62. The van der Waals surface area contributed by atoms with Crippen molar-refractivity contribution in [1.82, 2.24) is 4.72 Å². The number of hydrogen-bond acceptors (Lipinski definition) is 4. The number of methoxy groups -OCH3 is 1. The van der Waals surface area contributed by atoms with E-state index in [1.165, 1.54) is 19.2 Å². The number of carboxylic acid groups (broad SMARTS) is 1. The van der Waals surface area contributed by atoms with Crippen LogP contribution in [0.5, 0.6) is 5.75 Å². The molecular weight excluding hydrogens is 282 g/mol. The summed E-state index contributed by atoms with van der Waals surface area (Å²) in [7, 11) is -2.33. The molecule has 0 bridgehead atoms. The molecule has 0 fully saturated rings. The van der Waals surface area contributed by atoms with Crippen LogP contribution in [-0.2, 0) is 14.8 Å². The maximum absolute atomic E-state index is 12.2. The Kier molecular flexibility index (Phi) is 5.52. The predicted octanol–water partition coefficient (Wildman–Crippen LogP) is 1.47. The van der Waals surface area contributed by atoms with Gasteiger partial charge in [0, 0.05) is 12.1 Å². The topological polar surface area (TPSA) is 92.7 Å². The summed E-state index contributed by atoms with van der Waals surface area (Å²) in [6, 6.07) is 5.36. The number of benzene rings is 1. The van der Waals surface area contributed by atoms with Gasteiger partial charge in [-0.2, -0.15) is 0 Å². The molecule has 7 heteroatoms. The van der Waals surface area contributed by atoms with Gasteiger partial charge in [0.2, 0.25) is 10.0 Å². The fourth-order valence-corrected chi connectivity index (χ4v) is 3.06. The van der Waals surface area contributed by atoms with Crippen molar-refractivity contribution in [2.45, 2.75) is 31.2 Å². The maximum atomic E-state index is 12.2. The molecule has 0 heterocycles. The Bertz CT molecular complexity index is 568. The summed E-state index contributed by atoms with van der Waals surface area (Å²) in [5.41, 5.74) is 0. The molecule has 0 aliphatic carbocycles. The third kappa shape index (κ3) is 4.50. The highest BCUT2D eigenvalue weighted by Crippen LogP contribution is 2.18. The van der Waals surface area contributed by atoms with Gasteiger partial charge < -0.3 is 9.84 Å². The van der Waals surface area contributed by atoms with E-state index in [2.05, 4.69) is 4.72 Å². The van der Waals surface area contributed by atoms with Crippen LogP contribution < -0.4 is 9.46 Å². The lowest BCUT2D eigenvalue weighted by Crippen LogP contribution is -2.40. The smallest absolute Gasteiger partial charge is 0.304 e. The van der Waals surface area contributed by atoms with Crippen molar-refractivity contribution in [3.05, 3.63) is 24.3 Å². The average Bonchev–Trinajstić information content (AvgIpc) is 2.37. The van der Waals surface area contributed by atoms with Crippen molar-refractivity contribution in [2.75, 3.05) is 7.11 Å². The molecule has 6 nitrogen and oxygen atoms in total. The second-order valence-electron chi connectivity index (χ2n) is 4.75. The Labute approximate surface area is 118 Å². The van der Waals surface area contributed by atoms with Crippen LogP contribution in [0, 0.1) is 5.92 Å². The van der Waals surface area contributed by atoms with Crippen LogP contribution in [0.2, 0.25) is 0 Å². The Morgan fingerprint density at radius 3 is 2.55 bits per heavy atom. The Balaban J connectivity index is 2.99. The molecule has 1 atom stereocenters. The average molecular weight is 301 g/mol. The minimum absolute atomic E-state index is 0.0490. The van der Waals surface area contributed by atoms with Crippen LogP contribution in [0.4, 0.5) is 0 Å². The number of sulfonamides is 1. The van der Waals surface area contributed by atoms with E-state index in [0.717, 1.165) is 0 Å². The van der Waals surface area contributed by atoms with Crippen LogP contribution in [0.25, 0.3) is 0 Å².